The molecule has 1 aliphatic carbocycles. The van der Waals surface area contributed by atoms with E-state index in [0.717, 1.165) is 19.3 Å². The third kappa shape index (κ3) is 6.64. The molecule has 0 heterocycles. The average Bonchev–Trinajstić information content (AvgIpc) is 2.57. The molecule has 100 valence electrons. The number of carbonyl (C=O) groups is 1. The van der Waals surface area contributed by atoms with Gasteiger partial charge in [0.2, 0.25) is 5.91 Å². The normalized spacial score (nSPS) is 19.6. The van der Waals surface area contributed by atoms with Gasteiger partial charge in [0.25, 0.3) is 0 Å². The summed E-state index contributed by atoms with van der Waals surface area (Å²) < 4.78 is 0. The van der Waals surface area contributed by atoms with Crippen LogP contribution in [-0.4, -0.2) is 36.2 Å². The largest absolute Gasteiger partial charge is 0.392 e. The van der Waals surface area contributed by atoms with E-state index in [1.165, 1.54) is 25.7 Å². The van der Waals surface area contributed by atoms with Crippen molar-refractivity contribution in [3.8, 4) is 0 Å². The minimum atomic E-state index is -0.347. The predicted octanol–water partition coefficient (Wildman–Crippen LogP) is 1.19. The van der Waals surface area contributed by atoms with E-state index in [1.54, 1.807) is 0 Å². The second kappa shape index (κ2) is 8.48. The quantitative estimate of drug-likeness (QED) is 0.613. The van der Waals surface area contributed by atoms with Gasteiger partial charge in [-0.05, 0) is 19.3 Å². The van der Waals surface area contributed by atoms with Gasteiger partial charge in [-0.3, -0.25) is 4.79 Å². The highest BCUT2D eigenvalue weighted by atomic mass is 16.3. The van der Waals surface area contributed by atoms with Crippen molar-refractivity contribution >= 4 is 5.91 Å². The van der Waals surface area contributed by atoms with Gasteiger partial charge in [0.05, 0.1) is 12.6 Å². The van der Waals surface area contributed by atoms with Crippen LogP contribution in [0.5, 0.6) is 0 Å². The monoisotopic (exact) mass is 242 g/mol. The van der Waals surface area contributed by atoms with Crippen LogP contribution in [0.2, 0.25) is 0 Å². The van der Waals surface area contributed by atoms with E-state index in [1.807, 2.05) is 6.92 Å². The molecular weight excluding hydrogens is 216 g/mol. The molecule has 17 heavy (non-hydrogen) atoms. The zero-order valence-electron chi connectivity index (χ0n) is 10.9. The summed E-state index contributed by atoms with van der Waals surface area (Å²) in [5.74, 6) is 0.0557. The van der Waals surface area contributed by atoms with Crippen molar-refractivity contribution in [1.82, 2.24) is 10.6 Å². The standard InChI is InChI=1S/C13H26N2O2/c1-2-12(16)9-14-10-13(17)15-11-7-5-3-4-6-8-11/h11-12,14,16H,2-10H2,1H3,(H,15,17). The maximum absolute atomic E-state index is 11.6. The Balaban J connectivity index is 2.10. The van der Waals surface area contributed by atoms with Crippen LogP contribution in [0, 0.1) is 0 Å². The fourth-order valence-corrected chi connectivity index (χ4v) is 2.20. The summed E-state index contributed by atoms with van der Waals surface area (Å²) in [6, 6.07) is 0.364. The summed E-state index contributed by atoms with van der Waals surface area (Å²) in [4.78, 5) is 11.6. The van der Waals surface area contributed by atoms with Crippen molar-refractivity contribution in [2.24, 2.45) is 0 Å². The number of hydrogen-bond donors (Lipinski definition) is 3. The molecule has 1 fully saturated rings. The van der Waals surface area contributed by atoms with Gasteiger partial charge in [0.1, 0.15) is 0 Å². The zero-order valence-corrected chi connectivity index (χ0v) is 10.9. The van der Waals surface area contributed by atoms with Gasteiger partial charge >= 0.3 is 0 Å². The first kappa shape index (κ1) is 14.5. The highest BCUT2D eigenvalue weighted by Gasteiger charge is 2.14. The van der Waals surface area contributed by atoms with E-state index in [4.69, 9.17) is 0 Å². The lowest BCUT2D eigenvalue weighted by atomic mass is 10.1. The van der Waals surface area contributed by atoms with Crippen molar-refractivity contribution < 1.29 is 9.90 Å². The molecule has 0 saturated heterocycles. The molecule has 3 N–H and O–H groups in total. The van der Waals surface area contributed by atoms with Crippen LogP contribution in [-0.2, 0) is 4.79 Å². The Morgan fingerprint density at radius 2 is 1.94 bits per heavy atom. The van der Waals surface area contributed by atoms with E-state index >= 15 is 0 Å². The van der Waals surface area contributed by atoms with Crippen LogP contribution in [0.1, 0.15) is 51.9 Å². The molecule has 1 unspecified atom stereocenters. The van der Waals surface area contributed by atoms with Gasteiger partial charge in [-0.25, -0.2) is 0 Å². The first-order chi connectivity index (χ1) is 8.22. The molecule has 0 spiro atoms. The maximum Gasteiger partial charge on any atom is 0.234 e. The fraction of sp³-hybridized carbons (Fsp3) is 0.923. The van der Waals surface area contributed by atoms with Gasteiger partial charge in [-0.2, -0.15) is 0 Å². The van der Waals surface area contributed by atoms with Gasteiger partial charge < -0.3 is 15.7 Å². The number of hydrogen-bond acceptors (Lipinski definition) is 3. The van der Waals surface area contributed by atoms with E-state index in [9.17, 15) is 9.90 Å². The van der Waals surface area contributed by atoms with Crippen LogP contribution in [0.3, 0.4) is 0 Å². The third-order valence-corrected chi connectivity index (χ3v) is 3.36. The lowest BCUT2D eigenvalue weighted by Crippen LogP contribution is -2.41. The number of amides is 1. The van der Waals surface area contributed by atoms with Crippen LogP contribution in [0.15, 0.2) is 0 Å². The number of nitrogens with one attached hydrogen (secondary N) is 2. The van der Waals surface area contributed by atoms with Gasteiger partial charge in [0, 0.05) is 12.6 Å². The SMILES string of the molecule is CCC(O)CNCC(=O)NC1CCCCCC1. The molecular formula is C13H26N2O2. The van der Waals surface area contributed by atoms with Crippen molar-refractivity contribution in [3.63, 3.8) is 0 Å². The molecule has 1 rings (SSSR count). The van der Waals surface area contributed by atoms with E-state index in [-0.39, 0.29) is 12.0 Å². The summed E-state index contributed by atoms with van der Waals surface area (Å²) in [5, 5.41) is 15.4. The molecule has 4 heteroatoms. The Labute approximate surface area is 104 Å². The van der Waals surface area contributed by atoms with Crippen molar-refractivity contribution in [2.75, 3.05) is 13.1 Å². The van der Waals surface area contributed by atoms with Crippen LogP contribution < -0.4 is 10.6 Å². The summed E-state index contributed by atoms with van der Waals surface area (Å²) in [6.45, 7) is 2.74. The molecule has 1 atom stereocenters. The lowest BCUT2D eigenvalue weighted by Gasteiger charge is -2.16. The first-order valence-electron chi connectivity index (χ1n) is 6.90. The van der Waals surface area contributed by atoms with Gasteiger partial charge in [0.15, 0.2) is 0 Å². The Hall–Kier alpha value is -0.610. The Bertz CT molecular complexity index is 213. The summed E-state index contributed by atoms with van der Waals surface area (Å²) in [5.41, 5.74) is 0. The molecule has 0 radical (unpaired) electrons. The maximum atomic E-state index is 11.6. The van der Waals surface area contributed by atoms with Crippen molar-refractivity contribution in [1.29, 1.82) is 0 Å². The molecule has 1 aliphatic rings. The van der Waals surface area contributed by atoms with Crippen molar-refractivity contribution in [3.05, 3.63) is 0 Å². The zero-order chi connectivity index (χ0) is 12.5. The Morgan fingerprint density at radius 3 is 2.53 bits per heavy atom. The predicted molar refractivity (Wildman–Crippen MR) is 68.8 cm³/mol. The Morgan fingerprint density at radius 1 is 1.29 bits per heavy atom. The van der Waals surface area contributed by atoms with Gasteiger partial charge in [-0.1, -0.05) is 32.6 Å². The number of carbonyl (C=O) groups excluding carboxylic acids is 1. The van der Waals surface area contributed by atoms with E-state index < -0.39 is 0 Å². The molecule has 0 bridgehead atoms. The summed E-state index contributed by atoms with van der Waals surface area (Å²) in [6.07, 6.45) is 7.66. The molecule has 0 aliphatic heterocycles. The number of aliphatic hydroxyl groups excluding tert-OH is 1. The van der Waals surface area contributed by atoms with E-state index in [0.29, 0.717) is 19.1 Å². The smallest absolute Gasteiger partial charge is 0.234 e. The highest BCUT2D eigenvalue weighted by Crippen LogP contribution is 2.16. The molecule has 1 amide bonds. The lowest BCUT2D eigenvalue weighted by molar-refractivity contribution is -0.121. The van der Waals surface area contributed by atoms with E-state index in [2.05, 4.69) is 10.6 Å². The van der Waals surface area contributed by atoms with Crippen molar-refractivity contribution in [2.45, 2.75) is 64.0 Å². The highest BCUT2D eigenvalue weighted by molar-refractivity contribution is 5.78. The molecule has 0 aromatic rings. The first-order valence-corrected chi connectivity index (χ1v) is 6.90. The summed E-state index contributed by atoms with van der Waals surface area (Å²) >= 11 is 0. The van der Waals surface area contributed by atoms with Crippen LogP contribution in [0.25, 0.3) is 0 Å². The topological polar surface area (TPSA) is 61.4 Å². The second-order valence-electron chi connectivity index (χ2n) is 4.95. The minimum Gasteiger partial charge on any atom is -0.392 e. The molecule has 0 aromatic heterocycles. The molecule has 0 aromatic carbocycles. The minimum absolute atomic E-state index is 0.0557. The van der Waals surface area contributed by atoms with Crippen LogP contribution in [0.4, 0.5) is 0 Å². The molecule has 1 saturated carbocycles. The van der Waals surface area contributed by atoms with Crippen LogP contribution >= 0.6 is 0 Å². The second-order valence-corrected chi connectivity index (χ2v) is 4.95. The number of rotatable bonds is 6. The summed E-state index contributed by atoms with van der Waals surface area (Å²) in [7, 11) is 0. The fourth-order valence-electron chi connectivity index (χ4n) is 2.20. The third-order valence-electron chi connectivity index (χ3n) is 3.36. The van der Waals surface area contributed by atoms with Gasteiger partial charge in [-0.15, -0.1) is 0 Å². The Kier molecular flexibility index (Phi) is 7.21. The molecule has 4 nitrogen and oxygen atoms in total. The average molecular weight is 242 g/mol. The number of aliphatic hydroxyl groups is 1.